The number of amides is 1. The molecule has 1 atom stereocenters. The highest BCUT2D eigenvalue weighted by Gasteiger charge is 2.21. The van der Waals surface area contributed by atoms with E-state index in [0.29, 0.717) is 18.1 Å². The van der Waals surface area contributed by atoms with Gasteiger partial charge in [-0.25, -0.2) is 9.58 Å². The van der Waals surface area contributed by atoms with Gasteiger partial charge in [0.05, 0.1) is 12.8 Å². The Morgan fingerprint density at radius 2 is 1.95 bits per heavy atom. The Bertz CT molecular complexity index is 1370. The summed E-state index contributed by atoms with van der Waals surface area (Å²) in [5.74, 6) is 1.07. The molecule has 1 aliphatic carbocycles. The molecule has 2 aliphatic rings. The highest BCUT2D eigenvalue weighted by atomic mass is 16.7. The van der Waals surface area contributed by atoms with E-state index in [1.165, 1.54) is 38.1 Å². The van der Waals surface area contributed by atoms with Crippen LogP contribution >= 0.6 is 0 Å². The number of pyridine rings is 1. The van der Waals surface area contributed by atoms with Crippen LogP contribution in [-0.2, 0) is 9.63 Å². The number of fused-ring (bicyclic) bond motifs is 1. The van der Waals surface area contributed by atoms with Crippen molar-refractivity contribution >= 4 is 28.8 Å². The summed E-state index contributed by atoms with van der Waals surface area (Å²) in [5.41, 5.74) is 4.09. The fourth-order valence-corrected chi connectivity index (χ4v) is 4.76. The molecule has 1 aromatic carbocycles. The number of hydrogen-bond donors (Lipinski definition) is 1. The maximum Gasteiger partial charge on any atom is 0.273 e. The van der Waals surface area contributed by atoms with Crippen molar-refractivity contribution in [3.8, 4) is 5.75 Å². The van der Waals surface area contributed by atoms with Crippen LogP contribution in [-0.4, -0.2) is 70.9 Å². The molecule has 5 rings (SSSR count). The van der Waals surface area contributed by atoms with Crippen molar-refractivity contribution in [3.63, 3.8) is 0 Å². The summed E-state index contributed by atoms with van der Waals surface area (Å²) in [5, 5.41) is 9.25. The van der Waals surface area contributed by atoms with Crippen molar-refractivity contribution in [1.29, 1.82) is 0 Å². The number of anilines is 2. The molecule has 1 amide bonds. The first kappa shape index (κ1) is 25.7. The van der Waals surface area contributed by atoms with Crippen LogP contribution in [0.5, 0.6) is 5.75 Å². The fourth-order valence-electron chi connectivity index (χ4n) is 4.76. The summed E-state index contributed by atoms with van der Waals surface area (Å²) < 4.78 is 7.73. The summed E-state index contributed by atoms with van der Waals surface area (Å²) in [6.45, 7) is 6.01. The second-order valence-corrected chi connectivity index (χ2v) is 9.54. The van der Waals surface area contributed by atoms with Crippen LogP contribution in [0.4, 0.5) is 11.6 Å². The van der Waals surface area contributed by atoms with Crippen molar-refractivity contribution in [3.05, 3.63) is 78.0 Å². The van der Waals surface area contributed by atoms with Gasteiger partial charge in [0.2, 0.25) is 5.95 Å². The Morgan fingerprint density at radius 3 is 2.71 bits per heavy atom. The number of rotatable bonds is 9. The Balaban J connectivity index is 1.28. The van der Waals surface area contributed by atoms with Gasteiger partial charge in [-0.3, -0.25) is 14.5 Å². The first-order valence-corrected chi connectivity index (χ1v) is 13.0. The molecular weight excluding hydrogens is 480 g/mol. The van der Waals surface area contributed by atoms with Crippen molar-refractivity contribution in [1.82, 2.24) is 24.6 Å². The monoisotopic (exact) mass is 514 g/mol. The van der Waals surface area contributed by atoms with E-state index in [2.05, 4.69) is 21.3 Å². The SMILES string of the molecule is CON(C)C(=O)C1=CC=CC(c2cccc3nc(Nc4ccc(OCCN5CCCC5)cc4)nn23)=CC1C. The minimum Gasteiger partial charge on any atom is -0.492 e. The third kappa shape index (κ3) is 5.79. The van der Waals surface area contributed by atoms with Crippen LogP contribution in [0.15, 0.2) is 72.3 Å². The number of allylic oxidation sites excluding steroid dienone is 5. The van der Waals surface area contributed by atoms with Crippen molar-refractivity contribution in [2.75, 3.05) is 45.7 Å². The van der Waals surface area contributed by atoms with Gasteiger partial charge >= 0.3 is 0 Å². The lowest BCUT2D eigenvalue weighted by Crippen LogP contribution is -2.28. The van der Waals surface area contributed by atoms with E-state index in [0.717, 1.165) is 34.9 Å². The number of benzene rings is 1. The summed E-state index contributed by atoms with van der Waals surface area (Å²) >= 11 is 0. The quantitative estimate of drug-likeness (QED) is 0.422. The van der Waals surface area contributed by atoms with Crippen molar-refractivity contribution < 1.29 is 14.4 Å². The molecule has 1 aliphatic heterocycles. The number of ether oxygens (including phenoxy) is 1. The number of carbonyl (C=O) groups excluding carboxylic acids is 1. The maximum absolute atomic E-state index is 12.7. The number of likely N-dealkylation sites (N-methyl/N-ethyl adjacent to an activating group) is 1. The number of carbonyl (C=O) groups is 1. The zero-order valence-electron chi connectivity index (χ0n) is 22.1. The van der Waals surface area contributed by atoms with E-state index in [9.17, 15) is 4.79 Å². The number of nitrogens with zero attached hydrogens (tertiary/aromatic N) is 5. The topological polar surface area (TPSA) is 84.2 Å². The van der Waals surface area contributed by atoms with Crippen molar-refractivity contribution in [2.24, 2.45) is 5.92 Å². The molecule has 1 saturated heterocycles. The van der Waals surface area contributed by atoms with E-state index in [4.69, 9.17) is 14.7 Å². The molecular formula is C29H34N6O3. The molecule has 1 unspecified atom stereocenters. The van der Waals surface area contributed by atoms with Gasteiger partial charge in [0.15, 0.2) is 5.65 Å². The molecule has 9 heteroatoms. The second-order valence-electron chi connectivity index (χ2n) is 9.54. The minimum absolute atomic E-state index is 0.113. The molecule has 0 bridgehead atoms. The molecule has 0 spiro atoms. The average molecular weight is 515 g/mol. The standard InChI is InChI=1S/C29H34N6O3/c1-21-20-22(8-6-9-25(21)28(36)33(2)37-3)26-10-7-11-27-31-29(32-35(26)27)30-23-12-14-24(15-13-23)38-19-18-34-16-4-5-17-34/h6-15,20-21H,4-5,16-19H2,1-3H3,(H,30,32). The highest BCUT2D eigenvalue weighted by Crippen LogP contribution is 2.27. The van der Waals surface area contributed by atoms with Gasteiger partial charge in [0.25, 0.3) is 5.91 Å². The number of aromatic nitrogens is 3. The molecule has 3 heterocycles. The third-order valence-corrected chi connectivity index (χ3v) is 6.92. The summed E-state index contributed by atoms with van der Waals surface area (Å²) in [6.07, 6.45) is 10.3. The van der Waals surface area contributed by atoms with Gasteiger partial charge in [0.1, 0.15) is 12.4 Å². The van der Waals surface area contributed by atoms with Crippen LogP contribution in [0.3, 0.4) is 0 Å². The Morgan fingerprint density at radius 1 is 1.16 bits per heavy atom. The molecule has 198 valence electrons. The van der Waals surface area contributed by atoms with Crippen LogP contribution < -0.4 is 10.1 Å². The summed E-state index contributed by atoms with van der Waals surface area (Å²) in [4.78, 5) is 24.9. The number of likely N-dealkylation sites (tertiary alicyclic amines) is 1. The van der Waals surface area contributed by atoms with E-state index in [1.54, 1.807) is 7.05 Å². The Labute approximate surface area is 223 Å². The van der Waals surface area contributed by atoms with Crippen LogP contribution in [0.2, 0.25) is 0 Å². The van der Waals surface area contributed by atoms with E-state index >= 15 is 0 Å². The van der Waals surface area contributed by atoms with E-state index in [-0.39, 0.29) is 11.8 Å². The lowest BCUT2D eigenvalue weighted by molar-refractivity contribution is -0.164. The summed E-state index contributed by atoms with van der Waals surface area (Å²) in [6, 6.07) is 13.7. The predicted molar refractivity (Wildman–Crippen MR) is 148 cm³/mol. The molecule has 38 heavy (non-hydrogen) atoms. The minimum atomic E-state index is -0.171. The van der Waals surface area contributed by atoms with Gasteiger partial charge in [-0.2, -0.15) is 4.98 Å². The second kappa shape index (κ2) is 11.6. The van der Waals surface area contributed by atoms with Crippen LogP contribution in [0, 0.1) is 5.92 Å². The Kier molecular flexibility index (Phi) is 7.86. The lowest BCUT2D eigenvalue weighted by Gasteiger charge is -2.18. The number of nitrogens with one attached hydrogen (secondary N) is 1. The number of hydrogen-bond acceptors (Lipinski definition) is 7. The van der Waals surface area contributed by atoms with Crippen LogP contribution in [0.25, 0.3) is 11.2 Å². The van der Waals surface area contributed by atoms with E-state index in [1.807, 2.05) is 72.1 Å². The zero-order valence-corrected chi connectivity index (χ0v) is 22.1. The lowest BCUT2D eigenvalue weighted by atomic mass is 9.98. The molecule has 9 nitrogen and oxygen atoms in total. The summed E-state index contributed by atoms with van der Waals surface area (Å²) in [7, 11) is 3.09. The van der Waals surface area contributed by atoms with Crippen LogP contribution in [0.1, 0.15) is 25.5 Å². The predicted octanol–water partition coefficient (Wildman–Crippen LogP) is 4.48. The largest absolute Gasteiger partial charge is 0.492 e. The van der Waals surface area contributed by atoms with Gasteiger partial charge in [0, 0.05) is 30.8 Å². The van der Waals surface area contributed by atoms with Crippen molar-refractivity contribution in [2.45, 2.75) is 19.8 Å². The number of hydroxylamine groups is 2. The first-order valence-electron chi connectivity index (χ1n) is 13.0. The molecule has 3 aromatic rings. The van der Waals surface area contributed by atoms with Gasteiger partial charge < -0.3 is 10.1 Å². The van der Waals surface area contributed by atoms with Gasteiger partial charge in [-0.15, -0.1) is 5.10 Å². The first-order chi connectivity index (χ1) is 18.5. The smallest absolute Gasteiger partial charge is 0.273 e. The fraction of sp³-hybridized carbons (Fsp3) is 0.345. The van der Waals surface area contributed by atoms with Gasteiger partial charge in [-0.1, -0.05) is 37.3 Å². The molecule has 1 N–H and O–H groups in total. The van der Waals surface area contributed by atoms with E-state index < -0.39 is 0 Å². The molecule has 0 saturated carbocycles. The third-order valence-electron chi connectivity index (χ3n) is 6.92. The Hall–Kier alpha value is -3.95. The molecule has 1 fully saturated rings. The highest BCUT2D eigenvalue weighted by molar-refractivity contribution is 5.94. The molecule has 0 radical (unpaired) electrons. The maximum atomic E-state index is 12.7. The molecule has 2 aromatic heterocycles. The van der Waals surface area contributed by atoms with Gasteiger partial charge in [-0.05, 0) is 67.9 Å². The average Bonchev–Trinajstić information content (AvgIpc) is 3.55. The normalized spacial score (nSPS) is 17.7. The zero-order chi connectivity index (χ0) is 26.5.